The van der Waals surface area contributed by atoms with Crippen LogP contribution in [0.4, 0.5) is 0 Å². The van der Waals surface area contributed by atoms with Crippen molar-refractivity contribution in [1.29, 1.82) is 0 Å². The molecule has 0 saturated heterocycles. The van der Waals surface area contributed by atoms with Crippen molar-refractivity contribution in [3.05, 3.63) is 107 Å². The van der Waals surface area contributed by atoms with Gasteiger partial charge in [-0.05, 0) is 12.1 Å². The molecule has 0 aromatic heterocycles. The highest BCUT2D eigenvalue weighted by molar-refractivity contribution is 6.05. The predicted molar refractivity (Wildman–Crippen MR) is 103 cm³/mol. The maximum Gasteiger partial charge on any atom is 0.340 e. The molecule has 0 N–H and O–H groups in total. The lowest BCUT2D eigenvalue weighted by Crippen LogP contribution is -2.22. The number of methoxy groups -OCH3 is 1. The van der Waals surface area contributed by atoms with Gasteiger partial charge in [0.2, 0.25) is 5.78 Å². The Kier molecular flexibility index (Phi) is 5.97. The maximum absolute atomic E-state index is 13.0. The van der Waals surface area contributed by atoms with Crippen molar-refractivity contribution in [2.45, 2.75) is 6.10 Å². The van der Waals surface area contributed by atoms with Crippen LogP contribution in [0.15, 0.2) is 84.9 Å². The highest BCUT2D eigenvalue weighted by Gasteiger charge is 2.28. The van der Waals surface area contributed by atoms with Crippen LogP contribution < -0.4 is 0 Å². The Morgan fingerprint density at radius 3 is 1.75 bits per heavy atom. The first-order valence-corrected chi connectivity index (χ1v) is 8.64. The number of carbonyl (C=O) groups excluding carboxylic acids is 3. The molecule has 0 bridgehead atoms. The van der Waals surface area contributed by atoms with E-state index in [2.05, 4.69) is 0 Å². The van der Waals surface area contributed by atoms with Gasteiger partial charge < -0.3 is 9.47 Å². The molecule has 0 aliphatic carbocycles. The van der Waals surface area contributed by atoms with Gasteiger partial charge in [0.25, 0.3) is 0 Å². The summed E-state index contributed by atoms with van der Waals surface area (Å²) in [5.41, 5.74) is 1.08. The molecule has 0 radical (unpaired) electrons. The van der Waals surface area contributed by atoms with Crippen molar-refractivity contribution >= 4 is 17.7 Å². The van der Waals surface area contributed by atoms with Gasteiger partial charge in [-0.25, -0.2) is 9.59 Å². The lowest BCUT2D eigenvalue weighted by molar-refractivity contribution is 0.0275. The molecule has 0 spiro atoms. The van der Waals surface area contributed by atoms with E-state index in [0.29, 0.717) is 11.1 Å². The van der Waals surface area contributed by atoms with E-state index in [1.165, 1.54) is 19.2 Å². The summed E-state index contributed by atoms with van der Waals surface area (Å²) in [6, 6.07) is 23.5. The molecule has 28 heavy (non-hydrogen) atoms. The van der Waals surface area contributed by atoms with Gasteiger partial charge >= 0.3 is 11.9 Å². The van der Waals surface area contributed by atoms with E-state index in [1.807, 2.05) is 6.07 Å². The number of ketones is 1. The summed E-state index contributed by atoms with van der Waals surface area (Å²) in [6.07, 6.45) is -1.14. The number of esters is 2. The van der Waals surface area contributed by atoms with E-state index >= 15 is 0 Å². The van der Waals surface area contributed by atoms with Crippen LogP contribution in [0, 0.1) is 0 Å². The van der Waals surface area contributed by atoms with Crippen LogP contribution in [0.25, 0.3) is 0 Å². The zero-order valence-corrected chi connectivity index (χ0v) is 15.2. The first-order valence-electron chi connectivity index (χ1n) is 8.64. The third-order valence-corrected chi connectivity index (χ3v) is 4.18. The van der Waals surface area contributed by atoms with Gasteiger partial charge in [-0.3, -0.25) is 4.79 Å². The van der Waals surface area contributed by atoms with E-state index in [4.69, 9.17) is 9.47 Å². The van der Waals surface area contributed by atoms with Crippen molar-refractivity contribution in [2.24, 2.45) is 0 Å². The second-order valence-corrected chi connectivity index (χ2v) is 5.96. The van der Waals surface area contributed by atoms with Crippen LogP contribution in [-0.2, 0) is 9.47 Å². The minimum Gasteiger partial charge on any atom is -0.465 e. The van der Waals surface area contributed by atoms with Crippen molar-refractivity contribution < 1.29 is 23.9 Å². The molecular weight excluding hydrogens is 356 g/mol. The zero-order chi connectivity index (χ0) is 19.9. The van der Waals surface area contributed by atoms with Crippen LogP contribution in [0.5, 0.6) is 0 Å². The van der Waals surface area contributed by atoms with Gasteiger partial charge in [0.15, 0.2) is 6.10 Å². The number of hydrogen-bond donors (Lipinski definition) is 0. The van der Waals surface area contributed by atoms with E-state index in [1.54, 1.807) is 66.7 Å². The Labute approximate surface area is 162 Å². The minimum absolute atomic E-state index is 0.0381. The molecule has 0 aliphatic heterocycles. The first-order chi connectivity index (χ1) is 13.6. The average molecular weight is 374 g/mol. The van der Waals surface area contributed by atoms with E-state index in [0.717, 1.165) is 0 Å². The maximum atomic E-state index is 13.0. The monoisotopic (exact) mass is 374 g/mol. The summed E-state index contributed by atoms with van der Waals surface area (Å²) in [5.74, 6) is -1.78. The summed E-state index contributed by atoms with van der Waals surface area (Å²) in [4.78, 5) is 37.8. The first kappa shape index (κ1) is 19.0. The molecule has 1 unspecified atom stereocenters. The number of rotatable bonds is 6. The lowest BCUT2D eigenvalue weighted by Gasteiger charge is -2.18. The molecule has 0 saturated carbocycles. The molecule has 140 valence electrons. The molecule has 1 atom stereocenters. The highest BCUT2D eigenvalue weighted by atomic mass is 16.5. The van der Waals surface area contributed by atoms with E-state index in [9.17, 15) is 14.4 Å². The Morgan fingerprint density at radius 2 is 1.18 bits per heavy atom. The summed E-state index contributed by atoms with van der Waals surface area (Å²) >= 11 is 0. The second kappa shape index (κ2) is 8.77. The van der Waals surface area contributed by atoms with E-state index in [-0.39, 0.29) is 16.9 Å². The summed E-state index contributed by atoms with van der Waals surface area (Å²) in [6.45, 7) is 0. The third kappa shape index (κ3) is 4.15. The van der Waals surface area contributed by atoms with Crippen LogP contribution in [0.1, 0.15) is 42.7 Å². The Balaban J connectivity index is 1.96. The molecule has 0 heterocycles. The standard InChI is InChI=1S/C23H18O5/c1-27-22(25)18-14-8-9-15-19(18)23(26)28-21(17-12-6-3-7-13-17)20(24)16-10-4-2-5-11-16/h2-15,21H,1H3. The summed E-state index contributed by atoms with van der Waals surface area (Å²) in [7, 11) is 1.23. The molecule has 3 aromatic rings. The second-order valence-electron chi connectivity index (χ2n) is 5.96. The van der Waals surface area contributed by atoms with Gasteiger partial charge in [-0.15, -0.1) is 0 Å². The molecule has 0 aliphatic rings. The topological polar surface area (TPSA) is 69.7 Å². The highest BCUT2D eigenvalue weighted by Crippen LogP contribution is 2.25. The normalized spacial score (nSPS) is 11.3. The number of carbonyl (C=O) groups is 3. The lowest BCUT2D eigenvalue weighted by atomic mass is 9.99. The minimum atomic E-state index is -1.14. The number of ether oxygens (including phenoxy) is 2. The SMILES string of the molecule is COC(=O)c1ccccc1C(=O)OC(C(=O)c1ccccc1)c1ccccc1. The summed E-state index contributed by atoms with van der Waals surface area (Å²) < 4.78 is 10.3. The Bertz CT molecular complexity index is 980. The number of benzene rings is 3. The molecule has 0 amide bonds. The number of hydrogen-bond acceptors (Lipinski definition) is 5. The van der Waals surface area contributed by atoms with Crippen molar-refractivity contribution in [3.63, 3.8) is 0 Å². The van der Waals surface area contributed by atoms with Crippen LogP contribution >= 0.6 is 0 Å². The quantitative estimate of drug-likeness (QED) is 0.476. The van der Waals surface area contributed by atoms with Gasteiger partial charge in [-0.2, -0.15) is 0 Å². The van der Waals surface area contributed by atoms with E-state index < -0.39 is 18.0 Å². The molecule has 0 fully saturated rings. The van der Waals surface area contributed by atoms with Gasteiger partial charge in [0, 0.05) is 11.1 Å². The fourth-order valence-corrected chi connectivity index (χ4v) is 2.77. The molecular formula is C23H18O5. The van der Waals surface area contributed by atoms with Crippen molar-refractivity contribution in [3.8, 4) is 0 Å². The number of Topliss-reactive ketones (excluding diaryl/α,β-unsaturated/α-hetero) is 1. The van der Waals surface area contributed by atoms with Gasteiger partial charge in [0.1, 0.15) is 0 Å². The third-order valence-electron chi connectivity index (χ3n) is 4.18. The van der Waals surface area contributed by atoms with Crippen LogP contribution in [-0.4, -0.2) is 24.8 Å². The Hall–Kier alpha value is -3.73. The molecule has 3 aromatic carbocycles. The fraction of sp³-hybridized carbons (Fsp3) is 0.0870. The molecule has 5 heteroatoms. The fourth-order valence-electron chi connectivity index (χ4n) is 2.77. The van der Waals surface area contributed by atoms with Crippen LogP contribution in [0.3, 0.4) is 0 Å². The largest absolute Gasteiger partial charge is 0.465 e. The van der Waals surface area contributed by atoms with Gasteiger partial charge in [-0.1, -0.05) is 72.8 Å². The van der Waals surface area contributed by atoms with Crippen molar-refractivity contribution in [1.82, 2.24) is 0 Å². The van der Waals surface area contributed by atoms with Crippen molar-refractivity contribution in [2.75, 3.05) is 7.11 Å². The smallest absolute Gasteiger partial charge is 0.340 e. The molecule has 5 nitrogen and oxygen atoms in total. The van der Waals surface area contributed by atoms with Gasteiger partial charge in [0.05, 0.1) is 18.2 Å². The Morgan fingerprint density at radius 1 is 0.679 bits per heavy atom. The predicted octanol–water partition coefficient (Wildman–Crippen LogP) is 4.25. The zero-order valence-electron chi connectivity index (χ0n) is 15.2. The summed E-state index contributed by atoms with van der Waals surface area (Å²) in [5, 5.41) is 0. The molecule has 3 rings (SSSR count). The average Bonchev–Trinajstić information content (AvgIpc) is 2.77. The van der Waals surface area contributed by atoms with Crippen LogP contribution in [0.2, 0.25) is 0 Å².